The highest BCUT2D eigenvalue weighted by atomic mass is 127. The Balaban J connectivity index is 0.000000748. The first kappa shape index (κ1) is 126. The fourth-order valence-corrected chi connectivity index (χ4v) is 20.2. The van der Waals surface area contributed by atoms with Crippen molar-refractivity contribution in [2.75, 3.05) is 165 Å². The molecule has 132 heavy (non-hydrogen) atoms. The smallest absolute Gasteiger partial charge is 0.0815 e. The number of hydrogen-bond donors (Lipinski definition) is 8. The average molecular weight is 2700 g/mol. The van der Waals surface area contributed by atoms with Gasteiger partial charge in [-0.05, 0) is 531 Å². The molecule has 8 N–H and O–H groups in total. The lowest BCUT2D eigenvalue weighted by Gasteiger charge is -2.09. The molecule has 0 atom stereocenters. The first-order chi connectivity index (χ1) is 59.0. The molecule has 16 aromatic rings. The molecule has 16 rings (SSSR count). The van der Waals surface area contributed by atoms with Gasteiger partial charge in [0, 0.05) is 202 Å². The number of aryl methyl sites for hydroxylation is 4. The highest BCUT2D eigenvalue weighted by Gasteiger charge is 2.16. The van der Waals surface area contributed by atoms with E-state index in [4.69, 9.17) is 0 Å². The van der Waals surface area contributed by atoms with Crippen LogP contribution in [-0.2, 0) is 51.4 Å². The molecule has 0 radical (unpaired) electrons. The monoisotopic (exact) mass is 2700 g/mol. The highest BCUT2D eigenvalue weighted by Crippen LogP contribution is 2.33. The highest BCUT2D eigenvalue weighted by molar-refractivity contribution is 14.1. The Morgan fingerprint density at radius 2 is 0.591 bits per heavy atom. The summed E-state index contributed by atoms with van der Waals surface area (Å²) in [7, 11) is 33.8. The van der Waals surface area contributed by atoms with Gasteiger partial charge in [-0.1, -0.05) is 95.3 Å². The molecule has 16 nitrogen and oxygen atoms in total. The molecule has 0 saturated heterocycles. The van der Waals surface area contributed by atoms with Gasteiger partial charge in [0.1, 0.15) is 0 Å². The number of rotatable bonds is 24. The van der Waals surface area contributed by atoms with Crippen molar-refractivity contribution in [2.45, 2.75) is 138 Å². The lowest BCUT2D eigenvalue weighted by atomic mass is 10.1. The van der Waals surface area contributed by atoms with Gasteiger partial charge in [-0.25, -0.2) is 0 Å². The largest absolute Gasteiger partial charge is 0.361 e. The second-order valence-corrected chi connectivity index (χ2v) is 43.5. The van der Waals surface area contributed by atoms with Gasteiger partial charge in [-0.2, -0.15) is 0 Å². The van der Waals surface area contributed by atoms with Crippen molar-refractivity contribution >= 4 is 268 Å². The molecule has 0 spiro atoms. The lowest BCUT2D eigenvalue weighted by Crippen LogP contribution is -2.15. The van der Waals surface area contributed by atoms with Crippen LogP contribution in [0.4, 0.5) is 0 Å². The summed E-state index contributed by atoms with van der Waals surface area (Å²) < 4.78 is 10.5. The SMILES string of the molecule is C.C.C.C.C.C.C.C.CN(C)CCc1c[nH]c2cc(I)ccc12.CN(C)CCc1c[nH]c2ccc(I)cc12.CN(C)CCc1c[nH]c2cccc(I)c12.CN(C)CCc1c[nH]c2cccc(I)c12.Cc1cc(I)c2[nH]cc(CCN(C)C)c2c1.Cc1cc2c(CCN(C)C)c[nH]c2cc1I.Cc1ccc2[nH]c(I)c(CCN(C)C)c2c1.Cc1ccc2[nH]cc(CCN(C)C)c2c1I. The Morgan fingerprint density at radius 1 is 0.242 bits per heavy atom. The standard InChI is InChI=1S/4C13H17IN2.4C12H15IN2.8CH4/c1-9-6-11-10(4-5-16(2)3)8-15-13(11)7-12(9)14;1-9-6-11-10(4-5-16(2)3)8-15-13(11)12(14)7-9;1-9-4-5-11-12(13(9)14)10(8-15-11)6-7-16(2)3;1-9-4-5-12-11(8-9)10(13(14)15-12)6-7-16(2)3;1-15(2)6-5-9-8-14-12-4-3-10(13)7-11(9)12;1-15(2)6-5-9-8-14-12-7-10(13)3-4-11(9)12;2*1-15(2)7-6-9-8-14-11-5-3-4-10(13)12(9)11;;;;;;;;/h2*6-8,15H,4-5H2,1-3H3;2*4-5,8,15H,6-7H2,1-3H3;2*3-4,7-8,14H,5-6H2,1-2H3;2*3-5,8,14H,6-7H2,1-2H3;8*1H4. The third-order valence-electron chi connectivity index (χ3n) is 21.6. The number of fused-ring (bicyclic) bond motifs is 8. The number of aromatic nitrogens is 8. The van der Waals surface area contributed by atoms with Crippen molar-refractivity contribution in [3.8, 4) is 0 Å². The van der Waals surface area contributed by atoms with Crippen molar-refractivity contribution in [3.05, 3.63) is 266 Å². The van der Waals surface area contributed by atoms with E-state index in [2.05, 4.69) is 571 Å². The molecule has 0 unspecified atom stereocenters. The van der Waals surface area contributed by atoms with E-state index in [9.17, 15) is 0 Å². The minimum atomic E-state index is 0. The molecule has 728 valence electrons. The zero-order chi connectivity index (χ0) is 90.2. The molecule has 0 bridgehead atoms. The molecule has 0 fully saturated rings. The number of nitrogens with zero attached hydrogens (tertiary/aromatic N) is 8. The number of nitrogens with one attached hydrogen (secondary N) is 8. The molecule has 0 saturated carbocycles. The van der Waals surface area contributed by atoms with Crippen molar-refractivity contribution in [1.29, 1.82) is 0 Å². The fraction of sp³-hybridized carbons (Fsp3) is 0.407. The average Bonchev–Trinajstić information content (AvgIpc) is 1.66. The number of aromatic amines is 8. The van der Waals surface area contributed by atoms with Crippen LogP contribution in [0.1, 0.15) is 126 Å². The number of hydrogen-bond acceptors (Lipinski definition) is 8. The number of likely N-dealkylation sites (N-methyl/N-ethyl adjacent to an activating group) is 8. The van der Waals surface area contributed by atoms with Gasteiger partial charge >= 0.3 is 0 Å². The Morgan fingerprint density at radius 3 is 1.06 bits per heavy atom. The Kier molecular flexibility index (Phi) is 58.9. The lowest BCUT2D eigenvalue weighted by molar-refractivity contribution is 0.414. The van der Waals surface area contributed by atoms with Crippen LogP contribution < -0.4 is 0 Å². The molecule has 8 aromatic carbocycles. The van der Waals surface area contributed by atoms with Crippen LogP contribution in [0.5, 0.6) is 0 Å². The van der Waals surface area contributed by atoms with Gasteiger partial charge in [0.25, 0.3) is 0 Å². The van der Waals surface area contributed by atoms with E-state index in [0.717, 1.165) is 104 Å². The van der Waals surface area contributed by atoms with Gasteiger partial charge in [0.05, 0.1) is 9.22 Å². The van der Waals surface area contributed by atoms with Crippen LogP contribution in [0, 0.1) is 56.4 Å². The van der Waals surface area contributed by atoms with Gasteiger partial charge in [-0.15, -0.1) is 0 Å². The van der Waals surface area contributed by atoms with E-state index >= 15 is 0 Å². The van der Waals surface area contributed by atoms with E-state index in [0.29, 0.717) is 0 Å². The molecule has 0 aliphatic carbocycles. The Bertz CT molecular complexity index is 5930. The zero-order valence-corrected chi connectivity index (χ0v) is 93.3. The van der Waals surface area contributed by atoms with Crippen molar-refractivity contribution in [1.82, 2.24) is 79.1 Å². The first-order valence-corrected chi connectivity index (χ1v) is 50.9. The Labute approximate surface area is 905 Å². The van der Waals surface area contributed by atoms with E-state index in [1.807, 2.05) is 0 Å². The van der Waals surface area contributed by atoms with Crippen LogP contribution in [0.2, 0.25) is 0 Å². The van der Waals surface area contributed by atoms with E-state index < -0.39 is 0 Å². The van der Waals surface area contributed by atoms with E-state index in [1.54, 1.807) is 0 Å². The summed E-state index contributed by atoms with van der Waals surface area (Å²) in [6.07, 6.45) is 23.8. The molecular formula is C108H160I8N16. The van der Waals surface area contributed by atoms with Crippen molar-refractivity contribution in [3.63, 3.8) is 0 Å². The minimum Gasteiger partial charge on any atom is -0.361 e. The molecule has 0 amide bonds. The van der Waals surface area contributed by atoms with Crippen molar-refractivity contribution in [2.24, 2.45) is 0 Å². The normalized spacial score (nSPS) is 10.8. The van der Waals surface area contributed by atoms with Crippen LogP contribution in [-0.4, -0.2) is 244 Å². The maximum Gasteiger partial charge on any atom is 0.0815 e. The second-order valence-electron chi connectivity index (χ2n) is 34.2. The Hall–Kier alpha value is -4.40. The summed E-state index contributed by atoms with van der Waals surface area (Å²) in [5.74, 6) is 0. The van der Waals surface area contributed by atoms with Gasteiger partial charge in [-0.3, -0.25) is 0 Å². The maximum absolute atomic E-state index is 3.45. The van der Waals surface area contributed by atoms with Crippen molar-refractivity contribution < 1.29 is 0 Å². The summed E-state index contributed by atoms with van der Waals surface area (Å²) in [6, 6.07) is 45.8. The van der Waals surface area contributed by atoms with Crippen LogP contribution in [0.3, 0.4) is 0 Å². The van der Waals surface area contributed by atoms with Gasteiger partial charge < -0.3 is 79.1 Å². The number of benzene rings is 8. The quantitative estimate of drug-likeness (QED) is 0.0279. The maximum atomic E-state index is 3.45. The molecule has 24 heteroatoms. The predicted octanol–water partition coefficient (Wildman–Crippen LogP) is 29.3. The summed E-state index contributed by atoms with van der Waals surface area (Å²) in [4.78, 5) is 44.6. The number of H-pyrrole nitrogens is 8. The molecule has 8 aromatic heterocycles. The molecule has 0 aliphatic heterocycles. The predicted molar refractivity (Wildman–Crippen MR) is 659 cm³/mol. The summed E-state index contributed by atoms with van der Waals surface area (Å²) in [5.41, 5.74) is 26.8. The zero-order valence-electron chi connectivity index (χ0n) is 76.1. The molecular weight excluding hydrogens is 2540 g/mol. The van der Waals surface area contributed by atoms with Gasteiger partial charge in [0.15, 0.2) is 0 Å². The fourth-order valence-electron chi connectivity index (χ4n) is 14.5. The van der Waals surface area contributed by atoms with Crippen LogP contribution >= 0.6 is 181 Å². The molecule has 8 heterocycles. The first-order valence-electron chi connectivity index (χ1n) is 42.2. The summed E-state index contributed by atoms with van der Waals surface area (Å²) in [5, 5.41) is 11.0. The van der Waals surface area contributed by atoms with E-state index in [1.165, 1.54) is 183 Å². The number of halogens is 8. The third kappa shape index (κ3) is 38.0. The van der Waals surface area contributed by atoms with Gasteiger partial charge in [0.2, 0.25) is 0 Å². The summed E-state index contributed by atoms with van der Waals surface area (Å²) >= 11 is 19.1. The minimum absolute atomic E-state index is 0. The van der Waals surface area contributed by atoms with Crippen LogP contribution in [0.15, 0.2) is 171 Å². The molecule has 0 aliphatic rings. The topological polar surface area (TPSA) is 152 Å². The second kappa shape index (κ2) is 61.9. The van der Waals surface area contributed by atoms with E-state index in [-0.39, 0.29) is 59.4 Å². The summed E-state index contributed by atoms with van der Waals surface area (Å²) in [6.45, 7) is 17.4. The van der Waals surface area contributed by atoms with Crippen LogP contribution in [0.25, 0.3) is 87.2 Å². The third-order valence-corrected chi connectivity index (χ3v) is 29.1.